The van der Waals surface area contributed by atoms with Gasteiger partial charge in [0, 0.05) is 54.4 Å². The van der Waals surface area contributed by atoms with Crippen LogP contribution in [0.4, 0.5) is 10.1 Å². The Balaban J connectivity index is 1.11. The highest BCUT2D eigenvalue weighted by molar-refractivity contribution is 6.01. The second-order valence-corrected chi connectivity index (χ2v) is 13.3. The predicted octanol–water partition coefficient (Wildman–Crippen LogP) is 10.00. The van der Waals surface area contributed by atoms with Gasteiger partial charge in [-0.15, -0.1) is 0 Å². The van der Waals surface area contributed by atoms with E-state index in [1.165, 1.54) is 5.69 Å². The van der Waals surface area contributed by atoms with Crippen molar-refractivity contribution in [2.75, 3.05) is 31.1 Å². The molecule has 1 atom stereocenters. The normalized spacial score (nSPS) is 14.8. The number of benzene rings is 5. The third kappa shape index (κ3) is 6.52. The maximum absolute atomic E-state index is 15.6. The molecule has 5 aromatic carbocycles. The summed E-state index contributed by atoms with van der Waals surface area (Å²) in [5.41, 5.74) is 7.40. The Hall–Kier alpha value is -4.61. The lowest BCUT2D eigenvalue weighted by Gasteiger charge is -2.39. The van der Waals surface area contributed by atoms with Gasteiger partial charge in [-0.1, -0.05) is 67.2 Å². The number of hydrogen-bond acceptors (Lipinski definition) is 4. The van der Waals surface area contributed by atoms with E-state index in [-0.39, 0.29) is 17.5 Å². The molecule has 0 spiro atoms. The Kier molecular flexibility index (Phi) is 8.63. The van der Waals surface area contributed by atoms with Crippen molar-refractivity contribution in [1.82, 2.24) is 4.90 Å². The number of piperazine rings is 1. The molecule has 1 unspecified atom stereocenters. The van der Waals surface area contributed by atoms with E-state index in [2.05, 4.69) is 59.7 Å². The number of fused-ring (bicyclic) bond motifs is 1. The van der Waals surface area contributed by atoms with E-state index >= 15 is 4.39 Å². The minimum atomic E-state index is -0.279. The molecule has 5 aromatic rings. The first-order valence-electron chi connectivity index (χ1n) is 16.1. The summed E-state index contributed by atoms with van der Waals surface area (Å²) in [5, 5.41) is 12.4. The van der Waals surface area contributed by atoms with Crippen molar-refractivity contribution in [3.63, 3.8) is 0 Å². The van der Waals surface area contributed by atoms with E-state index in [9.17, 15) is 5.11 Å². The van der Waals surface area contributed by atoms with Gasteiger partial charge >= 0.3 is 0 Å². The molecular weight excluding hydrogens is 571 g/mol. The largest absolute Gasteiger partial charge is 0.507 e. The zero-order valence-corrected chi connectivity index (χ0v) is 27.5. The van der Waals surface area contributed by atoms with Gasteiger partial charge in [0.1, 0.15) is 22.9 Å². The second kappa shape index (κ2) is 12.6. The van der Waals surface area contributed by atoms with E-state index in [1.54, 1.807) is 6.07 Å². The van der Waals surface area contributed by atoms with Gasteiger partial charge in [0.25, 0.3) is 0 Å². The Bertz CT molecular complexity index is 1860. The van der Waals surface area contributed by atoms with Crippen LogP contribution in [0.15, 0.2) is 104 Å². The maximum atomic E-state index is 15.6. The van der Waals surface area contributed by atoms with Crippen LogP contribution in [-0.2, 0) is 4.74 Å². The van der Waals surface area contributed by atoms with Crippen LogP contribution in [0.3, 0.4) is 0 Å². The van der Waals surface area contributed by atoms with Crippen molar-refractivity contribution in [2.24, 2.45) is 0 Å². The van der Waals surface area contributed by atoms with Crippen LogP contribution in [0.25, 0.3) is 38.8 Å². The number of aromatic hydroxyl groups is 1. The second-order valence-electron chi connectivity index (χ2n) is 13.3. The average Bonchev–Trinajstić information content (AvgIpc) is 3.05. The number of aryl methyl sites for hydroxylation is 1. The van der Waals surface area contributed by atoms with E-state index < -0.39 is 0 Å². The smallest absolute Gasteiger partial charge is 0.128 e. The summed E-state index contributed by atoms with van der Waals surface area (Å²) in [6, 6.07) is 32.2. The van der Waals surface area contributed by atoms with Gasteiger partial charge in [0.2, 0.25) is 0 Å². The molecule has 1 saturated heterocycles. The quantitative estimate of drug-likeness (QED) is 0.185. The summed E-state index contributed by atoms with van der Waals surface area (Å²) in [4.78, 5) is 4.74. The molecule has 236 valence electrons. The molecule has 0 bridgehead atoms. The van der Waals surface area contributed by atoms with E-state index in [0.29, 0.717) is 11.5 Å². The lowest BCUT2D eigenvalue weighted by Crippen LogP contribution is -2.47. The number of ether oxygens (including phenoxy) is 1. The number of hydrogen-bond donors (Lipinski definition) is 1. The van der Waals surface area contributed by atoms with Crippen LogP contribution in [0.2, 0.25) is 0 Å². The monoisotopic (exact) mass is 614 g/mol. The van der Waals surface area contributed by atoms with Crippen molar-refractivity contribution >= 4 is 22.2 Å². The van der Waals surface area contributed by atoms with Crippen LogP contribution in [0, 0.1) is 12.7 Å². The van der Waals surface area contributed by atoms with Gasteiger partial charge < -0.3 is 14.7 Å². The Labute approximate surface area is 272 Å². The third-order valence-electron chi connectivity index (χ3n) is 9.03. The lowest BCUT2D eigenvalue weighted by atomic mass is 9.93. The number of rotatable bonds is 7. The highest BCUT2D eigenvalue weighted by atomic mass is 19.1. The van der Waals surface area contributed by atoms with Gasteiger partial charge in [-0.05, 0) is 104 Å². The summed E-state index contributed by atoms with van der Waals surface area (Å²) in [7, 11) is 0. The number of nitrogens with zero attached hydrogens (tertiary/aromatic N) is 2. The lowest BCUT2D eigenvalue weighted by molar-refractivity contribution is 0.0976. The van der Waals surface area contributed by atoms with Crippen molar-refractivity contribution < 1.29 is 14.2 Å². The molecule has 0 amide bonds. The number of phenolic OH excluding ortho intramolecular Hbond substituents is 1. The van der Waals surface area contributed by atoms with Crippen LogP contribution in [0.1, 0.15) is 50.4 Å². The summed E-state index contributed by atoms with van der Waals surface area (Å²) in [6.07, 6.45) is 0. The minimum absolute atomic E-state index is 0.0233. The molecular formula is C41H43FN2O2. The third-order valence-corrected chi connectivity index (χ3v) is 9.03. The number of anilines is 1. The highest BCUT2D eigenvalue weighted by Crippen LogP contribution is 2.37. The molecule has 46 heavy (non-hydrogen) atoms. The molecule has 0 radical (unpaired) electrons. The number of phenols is 1. The fourth-order valence-electron chi connectivity index (χ4n) is 6.48. The van der Waals surface area contributed by atoms with Crippen LogP contribution in [-0.4, -0.2) is 41.8 Å². The molecule has 6 rings (SSSR count). The average molecular weight is 615 g/mol. The van der Waals surface area contributed by atoms with Crippen LogP contribution < -0.4 is 4.90 Å². The Morgan fingerprint density at radius 3 is 2.04 bits per heavy atom. The fourth-order valence-corrected chi connectivity index (χ4v) is 6.48. The molecule has 1 aliphatic rings. The summed E-state index contributed by atoms with van der Waals surface area (Å²) in [5.74, 6) is 0.827. The molecule has 1 fully saturated rings. The molecule has 0 saturated carbocycles. The van der Waals surface area contributed by atoms with Crippen molar-refractivity contribution in [3.8, 4) is 28.0 Å². The van der Waals surface area contributed by atoms with Gasteiger partial charge in [-0.25, -0.2) is 4.39 Å². The molecule has 5 heteroatoms. The topological polar surface area (TPSA) is 35.9 Å². The van der Waals surface area contributed by atoms with Crippen molar-refractivity contribution in [1.29, 1.82) is 0 Å². The van der Waals surface area contributed by atoms with Crippen LogP contribution >= 0.6 is 0 Å². The first-order chi connectivity index (χ1) is 22.0. The Morgan fingerprint density at radius 2 is 1.41 bits per heavy atom. The standard InChI is InChI=1S/C41H43FN2O2/c1-27-25-38(36-9-7-8-10-37(36)40(27)45)32-13-11-31(12-14-32)33-17-20-35(39(42)26-33)28(2)43-21-23-44(24-22-43)34-18-15-30(16-19-34)29(3)46-41(4,5)6/h7-20,25-26,28,45H,3,21-24H2,1-2,4-6H3. The van der Waals surface area contributed by atoms with E-state index in [0.717, 1.165) is 75.9 Å². The zero-order chi connectivity index (χ0) is 32.6. The fraction of sp³-hybridized carbons (Fsp3) is 0.268. The summed E-state index contributed by atoms with van der Waals surface area (Å²) in [6.45, 7) is 17.7. The molecule has 1 aliphatic heterocycles. The SMILES string of the molecule is C=C(OC(C)(C)C)c1ccc(N2CCN(C(C)c3ccc(-c4ccc(-c5cc(C)c(O)c6ccccc56)cc4)cc3F)CC2)cc1. The first-order valence-corrected chi connectivity index (χ1v) is 16.1. The van der Waals surface area contributed by atoms with Crippen molar-refractivity contribution in [3.05, 3.63) is 126 Å². The molecule has 1 heterocycles. The van der Waals surface area contributed by atoms with Gasteiger partial charge in [-0.2, -0.15) is 0 Å². The van der Waals surface area contributed by atoms with E-state index in [4.69, 9.17) is 4.74 Å². The van der Waals surface area contributed by atoms with Gasteiger partial charge in [-0.3, -0.25) is 4.90 Å². The zero-order valence-electron chi connectivity index (χ0n) is 27.5. The number of halogens is 1. The van der Waals surface area contributed by atoms with Crippen molar-refractivity contribution in [2.45, 2.75) is 46.3 Å². The minimum Gasteiger partial charge on any atom is -0.507 e. The molecule has 0 aliphatic carbocycles. The summed E-state index contributed by atoms with van der Waals surface area (Å²) >= 11 is 0. The van der Waals surface area contributed by atoms with Gasteiger partial charge in [0.15, 0.2) is 0 Å². The highest BCUT2D eigenvalue weighted by Gasteiger charge is 2.24. The molecule has 0 aromatic heterocycles. The first kappa shape index (κ1) is 31.4. The predicted molar refractivity (Wildman–Crippen MR) is 190 cm³/mol. The molecule has 4 nitrogen and oxygen atoms in total. The van der Waals surface area contributed by atoms with Crippen LogP contribution in [0.5, 0.6) is 5.75 Å². The molecule has 1 N–H and O–H groups in total. The van der Waals surface area contributed by atoms with Gasteiger partial charge in [0.05, 0.1) is 0 Å². The summed E-state index contributed by atoms with van der Waals surface area (Å²) < 4.78 is 21.5. The Morgan fingerprint density at radius 1 is 0.804 bits per heavy atom. The van der Waals surface area contributed by atoms with E-state index in [1.807, 2.05) is 82.3 Å². The maximum Gasteiger partial charge on any atom is 0.128 e.